The van der Waals surface area contributed by atoms with Gasteiger partial charge in [-0.05, 0) is 19.1 Å². The smallest absolute Gasteiger partial charge is 0.234 e. The Morgan fingerprint density at radius 2 is 2.40 bits per heavy atom. The van der Waals surface area contributed by atoms with Crippen molar-refractivity contribution in [3.05, 3.63) is 4.77 Å². The maximum atomic E-state index is 5.48. The summed E-state index contributed by atoms with van der Waals surface area (Å²) < 4.78 is 0.416. The van der Waals surface area contributed by atoms with Gasteiger partial charge in [0, 0.05) is 6.54 Å². The lowest BCUT2D eigenvalue weighted by Crippen LogP contribution is -2.31. The van der Waals surface area contributed by atoms with E-state index in [4.69, 9.17) is 18.1 Å². The first-order valence-corrected chi connectivity index (χ1v) is 3.31. The van der Waals surface area contributed by atoms with Crippen LogP contribution in [0.5, 0.6) is 0 Å². The van der Waals surface area contributed by atoms with Crippen LogP contribution in [0.4, 0.5) is 5.95 Å². The molecule has 0 atom stereocenters. The minimum atomic E-state index is 0.416. The van der Waals surface area contributed by atoms with Crippen molar-refractivity contribution in [1.82, 2.24) is 15.2 Å². The summed E-state index contributed by atoms with van der Waals surface area (Å²) in [6.45, 7) is 2.61. The number of H-pyrrole nitrogens is 2. The van der Waals surface area contributed by atoms with Gasteiger partial charge in [-0.25, -0.2) is 5.84 Å². The highest BCUT2D eigenvalue weighted by Gasteiger charge is 1.99. The van der Waals surface area contributed by atoms with Crippen LogP contribution in [0.25, 0.3) is 0 Å². The van der Waals surface area contributed by atoms with Gasteiger partial charge in [0.2, 0.25) is 10.7 Å². The molecule has 0 aromatic carbocycles. The number of nitrogens with zero attached hydrogens (tertiary/aromatic N) is 2. The quantitative estimate of drug-likeness (QED) is 0.326. The Morgan fingerprint density at radius 1 is 1.70 bits per heavy atom. The van der Waals surface area contributed by atoms with E-state index < -0.39 is 0 Å². The van der Waals surface area contributed by atoms with E-state index in [2.05, 4.69) is 15.2 Å². The number of anilines is 1. The van der Waals surface area contributed by atoms with Gasteiger partial charge in [0.1, 0.15) is 0 Å². The minimum absolute atomic E-state index is 0.416. The van der Waals surface area contributed by atoms with Crippen LogP contribution >= 0.6 is 12.2 Å². The zero-order valence-electron chi connectivity index (χ0n) is 5.59. The Morgan fingerprint density at radius 3 is 2.80 bits per heavy atom. The molecule has 6 heteroatoms. The third kappa shape index (κ3) is 1.34. The van der Waals surface area contributed by atoms with E-state index in [0.29, 0.717) is 17.3 Å². The molecule has 4 N–H and O–H groups in total. The average Bonchev–Trinajstić information content (AvgIpc) is 2.34. The van der Waals surface area contributed by atoms with Crippen LogP contribution < -0.4 is 10.9 Å². The van der Waals surface area contributed by atoms with Crippen LogP contribution in [0, 0.1) is 4.77 Å². The molecule has 0 aliphatic rings. The summed E-state index contributed by atoms with van der Waals surface area (Å²) in [4.78, 5) is 3.89. The molecular weight excluding hydrogens is 150 g/mol. The van der Waals surface area contributed by atoms with Crippen LogP contribution in [0.2, 0.25) is 0 Å². The predicted octanol–water partition coefficient (Wildman–Crippen LogP) is 0.167. The lowest BCUT2D eigenvalue weighted by atomic mass is 10.7. The molecule has 0 aliphatic carbocycles. The van der Waals surface area contributed by atoms with Crippen molar-refractivity contribution in [2.75, 3.05) is 11.6 Å². The molecule has 0 bridgehead atoms. The molecule has 56 valence electrons. The van der Waals surface area contributed by atoms with E-state index in [1.165, 1.54) is 5.01 Å². The minimum Gasteiger partial charge on any atom is -0.279 e. The second-order valence-corrected chi connectivity index (χ2v) is 2.16. The van der Waals surface area contributed by atoms with Crippen molar-refractivity contribution in [2.45, 2.75) is 6.92 Å². The Balaban J connectivity index is 2.84. The van der Waals surface area contributed by atoms with E-state index in [-0.39, 0.29) is 0 Å². The van der Waals surface area contributed by atoms with Gasteiger partial charge in [0.25, 0.3) is 0 Å². The second kappa shape index (κ2) is 2.80. The third-order valence-corrected chi connectivity index (χ3v) is 1.29. The highest BCUT2D eigenvalue weighted by Crippen LogP contribution is 1.97. The number of aromatic nitrogens is 3. The second-order valence-electron chi connectivity index (χ2n) is 1.78. The molecule has 0 fully saturated rings. The van der Waals surface area contributed by atoms with Crippen LogP contribution in [0.1, 0.15) is 6.92 Å². The number of aromatic amines is 2. The third-order valence-electron chi connectivity index (χ3n) is 1.10. The van der Waals surface area contributed by atoms with E-state index >= 15 is 0 Å². The molecule has 10 heavy (non-hydrogen) atoms. The van der Waals surface area contributed by atoms with Crippen molar-refractivity contribution in [1.29, 1.82) is 0 Å². The van der Waals surface area contributed by atoms with Crippen molar-refractivity contribution >= 4 is 18.2 Å². The number of hydrogen-bond acceptors (Lipinski definition) is 4. The first-order chi connectivity index (χ1) is 4.74. The molecule has 0 radical (unpaired) electrons. The summed E-state index contributed by atoms with van der Waals surface area (Å²) in [6, 6.07) is 0. The van der Waals surface area contributed by atoms with Crippen LogP contribution in [0.3, 0.4) is 0 Å². The number of hydrogen-bond donors (Lipinski definition) is 3. The first-order valence-electron chi connectivity index (χ1n) is 2.91. The predicted molar refractivity (Wildman–Crippen MR) is 41.0 cm³/mol. The molecule has 0 saturated carbocycles. The first kappa shape index (κ1) is 7.23. The Bertz CT molecular complexity index is 250. The van der Waals surface area contributed by atoms with Gasteiger partial charge in [0.15, 0.2) is 0 Å². The average molecular weight is 159 g/mol. The fraction of sp³-hybridized carbons (Fsp3) is 0.500. The summed E-state index contributed by atoms with van der Waals surface area (Å²) in [5.74, 6) is 6.04. The Labute approximate surface area is 63.2 Å². The van der Waals surface area contributed by atoms with Crippen molar-refractivity contribution in [2.24, 2.45) is 5.84 Å². The van der Waals surface area contributed by atoms with Crippen LogP contribution in [-0.4, -0.2) is 21.7 Å². The lowest BCUT2D eigenvalue weighted by molar-refractivity contribution is 0.843. The summed E-state index contributed by atoms with van der Waals surface area (Å²) >= 11 is 4.72. The fourth-order valence-corrected chi connectivity index (χ4v) is 0.685. The van der Waals surface area contributed by atoms with Gasteiger partial charge in [-0.15, -0.1) is 0 Å². The number of nitrogens with one attached hydrogen (secondary N) is 2. The normalized spacial score (nSPS) is 9.80. The van der Waals surface area contributed by atoms with Crippen LogP contribution in [0.15, 0.2) is 0 Å². The summed E-state index contributed by atoms with van der Waals surface area (Å²) in [7, 11) is 0. The zero-order chi connectivity index (χ0) is 7.56. The van der Waals surface area contributed by atoms with Crippen molar-refractivity contribution in [3.63, 3.8) is 0 Å². The zero-order valence-corrected chi connectivity index (χ0v) is 6.40. The van der Waals surface area contributed by atoms with Crippen molar-refractivity contribution in [3.8, 4) is 0 Å². The topological polar surface area (TPSA) is 73.7 Å². The van der Waals surface area contributed by atoms with Gasteiger partial charge in [0.05, 0.1) is 0 Å². The maximum Gasteiger partial charge on any atom is 0.234 e. The molecule has 1 rings (SSSR count). The van der Waals surface area contributed by atoms with Gasteiger partial charge in [-0.3, -0.25) is 15.2 Å². The molecule has 5 nitrogen and oxygen atoms in total. The highest BCUT2D eigenvalue weighted by molar-refractivity contribution is 7.71. The molecule has 1 heterocycles. The van der Waals surface area contributed by atoms with Gasteiger partial charge < -0.3 is 0 Å². The van der Waals surface area contributed by atoms with Gasteiger partial charge in [-0.2, -0.15) is 4.98 Å². The number of rotatable bonds is 2. The van der Waals surface area contributed by atoms with Gasteiger partial charge in [-0.1, -0.05) is 0 Å². The van der Waals surface area contributed by atoms with Gasteiger partial charge >= 0.3 is 0 Å². The van der Waals surface area contributed by atoms with E-state index in [0.717, 1.165) is 0 Å². The number of nitrogens with two attached hydrogens (primary N) is 1. The molecule has 0 amide bonds. The Hall–Kier alpha value is -0.880. The largest absolute Gasteiger partial charge is 0.279 e. The molecule has 0 aliphatic heterocycles. The maximum absolute atomic E-state index is 5.48. The lowest BCUT2D eigenvalue weighted by Gasteiger charge is -2.09. The summed E-state index contributed by atoms with van der Waals surface area (Å²) in [5, 5.41) is 6.82. The van der Waals surface area contributed by atoms with Crippen LogP contribution in [-0.2, 0) is 0 Å². The SMILES string of the molecule is CCN(N)c1nc(=S)[nH][nH]1. The molecule has 0 spiro atoms. The summed E-state index contributed by atoms with van der Waals surface area (Å²) in [5.41, 5.74) is 0. The summed E-state index contributed by atoms with van der Waals surface area (Å²) in [6.07, 6.45) is 0. The van der Waals surface area contributed by atoms with E-state index in [1.807, 2.05) is 6.92 Å². The molecule has 0 unspecified atom stereocenters. The van der Waals surface area contributed by atoms with E-state index in [9.17, 15) is 0 Å². The number of hydrazine groups is 1. The molecule has 1 aromatic rings. The monoisotopic (exact) mass is 159 g/mol. The molecule has 1 aromatic heterocycles. The highest BCUT2D eigenvalue weighted by atomic mass is 32.1. The fourth-order valence-electron chi connectivity index (χ4n) is 0.547. The van der Waals surface area contributed by atoms with Crippen molar-refractivity contribution < 1.29 is 0 Å². The van der Waals surface area contributed by atoms with E-state index in [1.54, 1.807) is 0 Å². The molecule has 0 saturated heterocycles. The Kier molecular flexibility index (Phi) is 2.03. The standard InChI is InChI=1S/C4H9N5S/c1-2-9(5)3-6-4(10)8-7-3/h2,5H2,1H3,(H2,6,7,8,10). The molecular formula is C4H9N5S.